The van der Waals surface area contributed by atoms with Crippen LogP contribution in [-0.2, 0) is 13.1 Å². The zero-order valence-electron chi connectivity index (χ0n) is 19.4. The molecule has 0 aliphatic carbocycles. The molecule has 4 bridgehead atoms. The van der Waals surface area contributed by atoms with Gasteiger partial charge in [0.15, 0.2) is 12.4 Å². The van der Waals surface area contributed by atoms with Crippen LogP contribution in [0.1, 0.15) is 19.3 Å². The molecule has 0 atom stereocenters. The molecule has 7 heteroatoms. The lowest BCUT2D eigenvalue weighted by molar-refractivity contribution is -0.675. The average molecular weight is 698 g/mol. The SMILES string of the molecule is [I-].[I-].c1ccc2c(c1)c1cc[n+]2CCCCC[n+]2ccc(c3ccccc32)NCCSCCN1. The molecule has 2 aromatic heterocycles. The largest absolute Gasteiger partial charge is 1.00 e. The van der Waals surface area contributed by atoms with E-state index in [0.717, 1.165) is 37.7 Å². The summed E-state index contributed by atoms with van der Waals surface area (Å²) in [6, 6.07) is 22.0. The van der Waals surface area contributed by atoms with Gasteiger partial charge >= 0.3 is 0 Å². The van der Waals surface area contributed by atoms with Gasteiger partial charge in [-0.1, -0.05) is 24.3 Å². The number of rotatable bonds is 0. The fourth-order valence-electron chi connectivity index (χ4n) is 4.63. The molecule has 0 radical (unpaired) electrons. The molecule has 34 heavy (non-hydrogen) atoms. The van der Waals surface area contributed by atoms with Crippen LogP contribution in [-0.4, -0.2) is 24.6 Å². The van der Waals surface area contributed by atoms with E-state index in [0.29, 0.717) is 0 Å². The molecule has 0 saturated carbocycles. The van der Waals surface area contributed by atoms with Crippen LogP contribution in [0.3, 0.4) is 0 Å². The van der Waals surface area contributed by atoms with Crippen molar-refractivity contribution >= 4 is 44.9 Å². The second-order valence-corrected chi connectivity index (χ2v) is 9.63. The molecule has 0 saturated heterocycles. The number of halogens is 2. The quantitative estimate of drug-likeness (QED) is 0.183. The van der Waals surface area contributed by atoms with Crippen molar-refractivity contribution in [3.63, 3.8) is 0 Å². The maximum absolute atomic E-state index is 3.67. The summed E-state index contributed by atoms with van der Waals surface area (Å²) in [6.07, 6.45) is 8.11. The summed E-state index contributed by atoms with van der Waals surface area (Å²) < 4.78 is 4.83. The van der Waals surface area contributed by atoms with Gasteiger partial charge in [-0.2, -0.15) is 20.9 Å². The Labute approximate surface area is 241 Å². The van der Waals surface area contributed by atoms with Crippen LogP contribution in [0.2, 0.25) is 0 Å². The van der Waals surface area contributed by atoms with Crippen molar-refractivity contribution in [1.29, 1.82) is 0 Å². The fraction of sp³-hybridized carbons (Fsp3) is 0.333. The molecule has 2 aliphatic rings. The third-order valence-electron chi connectivity index (χ3n) is 6.27. The summed E-state index contributed by atoms with van der Waals surface area (Å²) >= 11 is 2.00. The molecular formula is C27H32I2N4S. The molecule has 180 valence electrons. The molecule has 2 aromatic carbocycles. The van der Waals surface area contributed by atoms with Crippen molar-refractivity contribution in [2.75, 3.05) is 35.2 Å². The number of benzene rings is 2. The number of anilines is 2. The zero-order chi connectivity index (χ0) is 21.6. The van der Waals surface area contributed by atoms with Gasteiger partial charge in [-0.3, -0.25) is 0 Å². The summed E-state index contributed by atoms with van der Waals surface area (Å²) in [5.41, 5.74) is 5.12. The van der Waals surface area contributed by atoms with Crippen molar-refractivity contribution in [3.8, 4) is 0 Å². The number of nitrogens with one attached hydrogen (secondary N) is 2. The first kappa shape index (κ1) is 27.3. The molecule has 0 fully saturated rings. The summed E-state index contributed by atoms with van der Waals surface area (Å²) in [7, 11) is 0. The van der Waals surface area contributed by atoms with Crippen molar-refractivity contribution in [2.24, 2.45) is 0 Å². The maximum Gasteiger partial charge on any atom is 0.214 e. The Hall–Kier alpha value is -1.33. The topological polar surface area (TPSA) is 31.8 Å². The summed E-state index contributed by atoms with van der Waals surface area (Å²) in [6.45, 7) is 4.08. The van der Waals surface area contributed by atoms with E-state index in [-0.39, 0.29) is 48.0 Å². The predicted octanol–water partition coefficient (Wildman–Crippen LogP) is -0.983. The lowest BCUT2D eigenvalue weighted by Crippen LogP contribution is -3.00. The van der Waals surface area contributed by atoms with Gasteiger partial charge in [-0.05, 0) is 18.6 Å². The fourth-order valence-corrected chi connectivity index (χ4v) is 5.33. The van der Waals surface area contributed by atoms with Crippen molar-refractivity contribution < 1.29 is 57.1 Å². The minimum Gasteiger partial charge on any atom is -1.00 e. The molecule has 0 amide bonds. The van der Waals surface area contributed by atoms with E-state index in [4.69, 9.17) is 0 Å². The molecule has 4 heterocycles. The average Bonchev–Trinajstić information content (AvgIpc) is 2.84. The molecule has 4 aromatic rings. The van der Waals surface area contributed by atoms with Crippen LogP contribution in [0.4, 0.5) is 11.4 Å². The Morgan fingerprint density at radius 3 is 1.56 bits per heavy atom. The Morgan fingerprint density at radius 1 is 0.588 bits per heavy atom. The highest BCUT2D eigenvalue weighted by Gasteiger charge is 2.14. The van der Waals surface area contributed by atoms with Crippen molar-refractivity contribution in [2.45, 2.75) is 32.4 Å². The van der Waals surface area contributed by atoms with E-state index >= 15 is 0 Å². The highest BCUT2D eigenvalue weighted by atomic mass is 127. The number of hydrogen-bond acceptors (Lipinski definition) is 3. The summed E-state index contributed by atoms with van der Waals surface area (Å²) in [5, 5.41) is 9.97. The zero-order valence-corrected chi connectivity index (χ0v) is 24.5. The first-order valence-electron chi connectivity index (χ1n) is 11.8. The second-order valence-electron chi connectivity index (χ2n) is 8.41. The first-order valence-corrected chi connectivity index (χ1v) is 12.9. The lowest BCUT2D eigenvalue weighted by atomic mass is 10.1. The van der Waals surface area contributed by atoms with Crippen LogP contribution in [0.25, 0.3) is 21.8 Å². The molecule has 6 rings (SSSR count). The third-order valence-corrected chi connectivity index (χ3v) is 7.26. The van der Waals surface area contributed by atoms with Crippen LogP contribution in [0.5, 0.6) is 0 Å². The lowest BCUT2D eigenvalue weighted by Gasteiger charge is -2.12. The Bertz CT molecular complexity index is 1120. The minimum absolute atomic E-state index is 0. The number of hydrogen-bond donors (Lipinski definition) is 2. The normalized spacial score (nSPS) is 15.1. The van der Waals surface area contributed by atoms with Gasteiger partial charge in [0.05, 0.1) is 22.1 Å². The summed E-state index contributed by atoms with van der Waals surface area (Å²) in [4.78, 5) is 0. The van der Waals surface area contributed by atoms with Crippen LogP contribution in [0, 0.1) is 0 Å². The van der Waals surface area contributed by atoms with Crippen molar-refractivity contribution in [3.05, 3.63) is 73.1 Å². The number of fused-ring (bicyclic) bond motifs is 12. The van der Waals surface area contributed by atoms with Gasteiger partial charge in [0.2, 0.25) is 11.0 Å². The number of thioether (sulfide) groups is 1. The van der Waals surface area contributed by atoms with E-state index in [2.05, 4.69) is 92.8 Å². The Morgan fingerprint density at radius 2 is 1.06 bits per heavy atom. The van der Waals surface area contributed by atoms with Crippen LogP contribution in [0.15, 0.2) is 73.1 Å². The van der Waals surface area contributed by atoms with E-state index in [1.807, 2.05) is 11.8 Å². The van der Waals surface area contributed by atoms with Gasteiger partial charge in [0.25, 0.3) is 0 Å². The van der Waals surface area contributed by atoms with Crippen molar-refractivity contribution in [1.82, 2.24) is 0 Å². The van der Waals surface area contributed by atoms with Crippen LogP contribution < -0.4 is 67.7 Å². The molecule has 0 spiro atoms. The number of pyridine rings is 2. The number of aromatic nitrogens is 2. The van der Waals surface area contributed by atoms with Gasteiger partial charge in [-0.15, -0.1) is 0 Å². The standard InChI is InChI=1S/C27H30N4S.2HI/c1-6-16-30-18-12-24(22-8-2-4-10-26(22)30)28-14-20-32-21-15-29-25-13-19-31(17-7-1)27-11-5-3-9-23(25)27;;/h2-5,8-13,18-19H,1,6-7,14-17,20-21H2;2*1H. The molecule has 0 unspecified atom stereocenters. The summed E-state index contributed by atoms with van der Waals surface area (Å²) in [5.74, 6) is 2.20. The Kier molecular flexibility index (Phi) is 11.0. The smallest absolute Gasteiger partial charge is 0.214 e. The van der Waals surface area contributed by atoms with E-state index in [1.54, 1.807) is 0 Å². The maximum atomic E-state index is 3.67. The predicted molar refractivity (Wildman–Crippen MR) is 136 cm³/mol. The van der Waals surface area contributed by atoms with Gasteiger partial charge < -0.3 is 58.6 Å². The van der Waals surface area contributed by atoms with E-state index in [9.17, 15) is 0 Å². The molecular weight excluding hydrogens is 666 g/mol. The third kappa shape index (κ3) is 6.46. The monoisotopic (exact) mass is 698 g/mol. The first-order chi connectivity index (χ1) is 15.9. The number of aryl methyl sites for hydroxylation is 2. The molecule has 4 nitrogen and oxygen atoms in total. The highest BCUT2D eigenvalue weighted by Crippen LogP contribution is 2.22. The van der Waals surface area contributed by atoms with Gasteiger partial charge in [0, 0.05) is 61.7 Å². The number of nitrogens with zero attached hydrogens (tertiary/aromatic N) is 2. The Balaban J connectivity index is 0.00000162. The second kappa shape index (κ2) is 13.7. The van der Waals surface area contributed by atoms with E-state index < -0.39 is 0 Å². The molecule has 2 aliphatic heterocycles. The molecule has 2 N–H and O–H groups in total. The van der Waals surface area contributed by atoms with Gasteiger partial charge in [-0.25, -0.2) is 0 Å². The highest BCUT2D eigenvalue weighted by molar-refractivity contribution is 7.99. The van der Waals surface area contributed by atoms with Gasteiger partial charge in [0.1, 0.15) is 13.1 Å². The minimum atomic E-state index is 0. The van der Waals surface area contributed by atoms with E-state index in [1.165, 1.54) is 52.4 Å². The van der Waals surface area contributed by atoms with Crippen LogP contribution >= 0.6 is 11.8 Å². The number of para-hydroxylation sites is 2.